The van der Waals surface area contributed by atoms with Crippen molar-refractivity contribution in [2.24, 2.45) is 0 Å². The fraction of sp³-hybridized carbons (Fsp3) is 0.500. The molecule has 1 N–H and O–H groups in total. The Kier molecular flexibility index (Phi) is 5.33. The average molecular weight is 316 g/mol. The number of carbonyl (C=O) groups is 1. The Labute approximate surface area is 136 Å². The standard InChI is InChI=1S/C18H24N2OS/c21-18(20-12-6-2-1-3-7-13-20)19-11-10-15-14-22-17-9-5-4-8-16(15)17/h4-5,8-9,14H,1-3,6-7,10-13H2,(H,19,21). The second-order valence-corrected chi connectivity index (χ2v) is 6.91. The lowest BCUT2D eigenvalue weighted by Crippen LogP contribution is -2.42. The van der Waals surface area contributed by atoms with E-state index in [1.807, 2.05) is 4.90 Å². The molecule has 0 bridgehead atoms. The molecule has 22 heavy (non-hydrogen) atoms. The number of nitrogens with one attached hydrogen (secondary N) is 1. The summed E-state index contributed by atoms with van der Waals surface area (Å²) in [4.78, 5) is 14.3. The molecule has 0 unspecified atom stereocenters. The lowest BCUT2D eigenvalue weighted by molar-refractivity contribution is 0.192. The van der Waals surface area contributed by atoms with Crippen LogP contribution in [0.2, 0.25) is 0 Å². The number of amides is 2. The zero-order chi connectivity index (χ0) is 15.2. The zero-order valence-corrected chi connectivity index (χ0v) is 13.8. The van der Waals surface area contributed by atoms with Crippen molar-refractivity contribution >= 4 is 27.5 Å². The summed E-state index contributed by atoms with van der Waals surface area (Å²) in [6.45, 7) is 2.54. The highest BCUT2D eigenvalue weighted by Crippen LogP contribution is 2.25. The molecule has 0 atom stereocenters. The first-order valence-corrected chi connectivity index (χ1v) is 9.20. The number of carbonyl (C=O) groups excluding carboxylic acids is 1. The second kappa shape index (κ2) is 7.63. The van der Waals surface area contributed by atoms with Crippen LogP contribution in [0.25, 0.3) is 10.1 Å². The van der Waals surface area contributed by atoms with Gasteiger partial charge in [0.1, 0.15) is 0 Å². The maximum atomic E-state index is 12.3. The van der Waals surface area contributed by atoms with Crippen LogP contribution in [0, 0.1) is 0 Å². The van der Waals surface area contributed by atoms with Crippen LogP contribution in [0.15, 0.2) is 29.6 Å². The molecule has 2 amide bonds. The Morgan fingerprint density at radius 3 is 2.64 bits per heavy atom. The molecule has 1 aromatic carbocycles. The fourth-order valence-corrected chi connectivity index (χ4v) is 4.09. The summed E-state index contributed by atoms with van der Waals surface area (Å²) in [5.74, 6) is 0. The van der Waals surface area contributed by atoms with Crippen LogP contribution in [0.1, 0.15) is 37.7 Å². The van der Waals surface area contributed by atoms with E-state index < -0.39 is 0 Å². The summed E-state index contributed by atoms with van der Waals surface area (Å²) in [6, 6.07) is 8.59. The first-order valence-electron chi connectivity index (χ1n) is 8.32. The summed E-state index contributed by atoms with van der Waals surface area (Å²) in [5, 5.41) is 6.64. The van der Waals surface area contributed by atoms with Gasteiger partial charge >= 0.3 is 6.03 Å². The minimum atomic E-state index is 0.112. The van der Waals surface area contributed by atoms with Gasteiger partial charge in [-0.1, -0.05) is 37.5 Å². The van der Waals surface area contributed by atoms with Crippen molar-refractivity contribution in [1.29, 1.82) is 0 Å². The van der Waals surface area contributed by atoms with E-state index in [1.54, 1.807) is 11.3 Å². The predicted molar refractivity (Wildman–Crippen MR) is 93.6 cm³/mol. The molecule has 2 heterocycles. The molecule has 0 aliphatic carbocycles. The lowest BCUT2D eigenvalue weighted by Gasteiger charge is -2.25. The van der Waals surface area contributed by atoms with E-state index in [9.17, 15) is 4.79 Å². The van der Waals surface area contributed by atoms with Gasteiger partial charge in [-0.25, -0.2) is 4.79 Å². The van der Waals surface area contributed by atoms with Crippen LogP contribution in [0.4, 0.5) is 4.79 Å². The molecular weight excluding hydrogens is 292 g/mol. The van der Waals surface area contributed by atoms with Gasteiger partial charge in [0.15, 0.2) is 0 Å². The van der Waals surface area contributed by atoms with Crippen LogP contribution in [0.3, 0.4) is 0 Å². The molecule has 3 nitrogen and oxygen atoms in total. The van der Waals surface area contributed by atoms with E-state index in [-0.39, 0.29) is 6.03 Å². The quantitative estimate of drug-likeness (QED) is 0.893. The number of hydrogen-bond donors (Lipinski definition) is 1. The number of likely N-dealkylation sites (tertiary alicyclic amines) is 1. The minimum Gasteiger partial charge on any atom is -0.338 e. The molecule has 2 aromatic rings. The third-order valence-corrected chi connectivity index (χ3v) is 5.39. The first kappa shape index (κ1) is 15.3. The number of rotatable bonds is 3. The van der Waals surface area contributed by atoms with Crippen molar-refractivity contribution in [3.8, 4) is 0 Å². The van der Waals surface area contributed by atoms with Crippen molar-refractivity contribution in [2.75, 3.05) is 19.6 Å². The number of hydrogen-bond acceptors (Lipinski definition) is 2. The van der Waals surface area contributed by atoms with Gasteiger partial charge in [0.05, 0.1) is 0 Å². The molecule has 1 fully saturated rings. The topological polar surface area (TPSA) is 32.3 Å². The molecule has 1 aromatic heterocycles. The number of nitrogens with zero attached hydrogens (tertiary/aromatic N) is 1. The van der Waals surface area contributed by atoms with E-state index in [1.165, 1.54) is 34.9 Å². The summed E-state index contributed by atoms with van der Waals surface area (Å²) in [7, 11) is 0. The summed E-state index contributed by atoms with van der Waals surface area (Å²) >= 11 is 1.78. The van der Waals surface area contributed by atoms with Gasteiger partial charge in [-0.2, -0.15) is 0 Å². The van der Waals surface area contributed by atoms with Crippen LogP contribution in [-0.4, -0.2) is 30.6 Å². The normalized spacial score (nSPS) is 16.3. The molecule has 0 saturated carbocycles. The molecule has 1 aliphatic rings. The van der Waals surface area contributed by atoms with Crippen molar-refractivity contribution in [3.63, 3.8) is 0 Å². The second-order valence-electron chi connectivity index (χ2n) is 5.99. The van der Waals surface area contributed by atoms with Crippen molar-refractivity contribution in [1.82, 2.24) is 10.2 Å². The summed E-state index contributed by atoms with van der Waals surface area (Å²) in [5.41, 5.74) is 1.34. The third kappa shape index (κ3) is 3.80. The van der Waals surface area contributed by atoms with Crippen LogP contribution in [-0.2, 0) is 6.42 Å². The monoisotopic (exact) mass is 316 g/mol. The van der Waals surface area contributed by atoms with Crippen LogP contribution in [0.5, 0.6) is 0 Å². The summed E-state index contributed by atoms with van der Waals surface area (Å²) in [6.07, 6.45) is 7.02. The smallest absolute Gasteiger partial charge is 0.317 e. The van der Waals surface area contributed by atoms with Crippen molar-refractivity contribution < 1.29 is 4.79 Å². The Bertz CT molecular complexity index is 614. The maximum absolute atomic E-state index is 12.3. The largest absolute Gasteiger partial charge is 0.338 e. The number of benzene rings is 1. The molecule has 1 aliphatic heterocycles. The van der Waals surface area contributed by atoms with Gasteiger partial charge in [0.25, 0.3) is 0 Å². The molecular formula is C18H24N2OS. The van der Waals surface area contributed by atoms with Crippen LogP contribution < -0.4 is 5.32 Å². The van der Waals surface area contributed by atoms with E-state index in [0.29, 0.717) is 0 Å². The lowest BCUT2D eigenvalue weighted by atomic mass is 10.1. The maximum Gasteiger partial charge on any atom is 0.317 e. The third-order valence-electron chi connectivity index (χ3n) is 4.38. The van der Waals surface area contributed by atoms with E-state index in [0.717, 1.165) is 38.9 Å². The number of thiophene rings is 1. The Morgan fingerprint density at radius 2 is 1.82 bits per heavy atom. The first-order chi connectivity index (χ1) is 10.8. The molecule has 118 valence electrons. The highest BCUT2D eigenvalue weighted by molar-refractivity contribution is 7.17. The Balaban J connectivity index is 1.50. The highest BCUT2D eigenvalue weighted by atomic mass is 32.1. The molecule has 4 heteroatoms. The number of fused-ring (bicyclic) bond motifs is 1. The van der Waals surface area contributed by atoms with Gasteiger partial charge in [-0.05, 0) is 41.7 Å². The zero-order valence-electron chi connectivity index (χ0n) is 13.0. The van der Waals surface area contributed by atoms with Gasteiger partial charge in [0, 0.05) is 24.3 Å². The van der Waals surface area contributed by atoms with Crippen LogP contribution >= 0.6 is 11.3 Å². The molecule has 0 spiro atoms. The van der Waals surface area contributed by atoms with Gasteiger partial charge in [-0.15, -0.1) is 11.3 Å². The SMILES string of the molecule is O=C(NCCc1csc2ccccc12)N1CCCCCCC1. The van der Waals surface area contributed by atoms with Gasteiger partial charge < -0.3 is 10.2 Å². The van der Waals surface area contributed by atoms with Gasteiger partial charge in [-0.3, -0.25) is 0 Å². The van der Waals surface area contributed by atoms with E-state index >= 15 is 0 Å². The minimum absolute atomic E-state index is 0.112. The molecule has 3 rings (SSSR count). The van der Waals surface area contributed by atoms with E-state index in [2.05, 4.69) is 35.0 Å². The Hall–Kier alpha value is -1.55. The average Bonchev–Trinajstić information content (AvgIpc) is 2.90. The fourth-order valence-electron chi connectivity index (χ4n) is 3.09. The Morgan fingerprint density at radius 1 is 1.09 bits per heavy atom. The van der Waals surface area contributed by atoms with Gasteiger partial charge in [0.2, 0.25) is 0 Å². The van der Waals surface area contributed by atoms with E-state index in [4.69, 9.17) is 0 Å². The van der Waals surface area contributed by atoms with Crippen molar-refractivity contribution in [2.45, 2.75) is 38.5 Å². The van der Waals surface area contributed by atoms with Crippen molar-refractivity contribution in [3.05, 3.63) is 35.2 Å². The summed E-state index contributed by atoms with van der Waals surface area (Å²) < 4.78 is 1.33. The predicted octanol–water partition coefficient (Wildman–Crippen LogP) is 4.42. The molecule has 1 saturated heterocycles. The molecule has 0 radical (unpaired) electrons. The number of urea groups is 1. The highest BCUT2D eigenvalue weighted by Gasteiger charge is 2.14.